The lowest BCUT2D eigenvalue weighted by Gasteiger charge is -2.14. The fourth-order valence-corrected chi connectivity index (χ4v) is 4.12. The molecular formula is C17H15BrF2N3O4PS. The molecule has 0 fully saturated rings. The molecule has 0 amide bonds. The smallest absolute Gasteiger partial charge is 0.420 e. The number of nitrogens with zero attached hydrogens (tertiary/aromatic N) is 3. The van der Waals surface area contributed by atoms with Crippen molar-refractivity contribution in [2.75, 3.05) is 5.75 Å². The maximum atomic E-state index is 12.5. The third kappa shape index (κ3) is 6.08. The molecule has 0 saturated heterocycles. The predicted octanol–water partition coefficient (Wildman–Crippen LogP) is 5.41. The van der Waals surface area contributed by atoms with Gasteiger partial charge in [0.2, 0.25) is 5.89 Å². The van der Waals surface area contributed by atoms with Gasteiger partial charge in [-0.1, -0.05) is 17.8 Å². The zero-order valence-corrected chi connectivity index (χ0v) is 18.0. The molecule has 1 aromatic carbocycles. The molecular weight excluding hydrogens is 491 g/mol. The van der Waals surface area contributed by atoms with Crippen molar-refractivity contribution in [3.63, 3.8) is 0 Å². The van der Waals surface area contributed by atoms with Crippen molar-refractivity contribution >= 4 is 35.3 Å². The lowest BCUT2D eigenvalue weighted by molar-refractivity contribution is 0.188. The summed E-state index contributed by atoms with van der Waals surface area (Å²) in [6.45, 7) is 0. The van der Waals surface area contributed by atoms with Crippen molar-refractivity contribution in [1.82, 2.24) is 15.2 Å². The van der Waals surface area contributed by atoms with Crippen LogP contribution < -0.4 is 4.52 Å². The Hall–Kier alpha value is -1.81. The summed E-state index contributed by atoms with van der Waals surface area (Å²) in [5.74, 6) is 1.05. The number of hydrogen-bond donors (Lipinski definition) is 1. The number of aryl methyl sites for hydroxylation is 1. The van der Waals surface area contributed by atoms with Crippen molar-refractivity contribution in [2.45, 2.75) is 24.2 Å². The normalized spacial score (nSPS) is 13.4. The van der Waals surface area contributed by atoms with Crippen LogP contribution in [-0.4, -0.2) is 32.0 Å². The van der Waals surface area contributed by atoms with E-state index in [1.165, 1.54) is 17.8 Å². The van der Waals surface area contributed by atoms with E-state index in [-0.39, 0.29) is 5.75 Å². The molecule has 0 bridgehead atoms. The predicted molar refractivity (Wildman–Crippen MR) is 107 cm³/mol. The first-order valence-corrected chi connectivity index (χ1v) is 11.7. The van der Waals surface area contributed by atoms with Crippen LogP contribution in [-0.2, 0) is 11.0 Å². The second-order valence-electron chi connectivity index (χ2n) is 5.76. The molecule has 12 heteroatoms. The van der Waals surface area contributed by atoms with Crippen molar-refractivity contribution in [2.24, 2.45) is 0 Å². The molecule has 0 aliphatic rings. The van der Waals surface area contributed by atoms with Crippen LogP contribution in [0.4, 0.5) is 8.78 Å². The zero-order chi connectivity index (χ0) is 20.9. The van der Waals surface area contributed by atoms with Gasteiger partial charge < -0.3 is 13.8 Å². The Bertz CT molecular complexity index is 1010. The van der Waals surface area contributed by atoms with E-state index in [0.717, 1.165) is 23.3 Å². The first-order valence-electron chi connectivity index (χ1n) is 8.30. The third-order valence-electron chi connectivity index (χ3n) is 3.64. The Labute approximate surface area is 177 Å². The zero-order valence-electron chi connectivity index (χ0n) is 14.7. The van der Waals surface area contributed by atoms with E-state index < -0.39 is 13.8 Å². The standard InChI is InChI=1S/C17H15BrF2N3O4PS/c18-13-10-11(3-4-14(13)27-28(24,25)16(19)20)2-1-9-29-17-23-22-15(26-17)12-5-7-21-8-6-12/h3-8,10,16H,1-2,9H2,(H,24,25). The quantitative estimate of drug-likeness (QED) is 0.234. The molecule has 3 rings (SSSR count). The van der Waals surface area contributed by atoms with Gasteiger partial charge in [0, 0.05) is 23.7 Å². The summed E-state index contributed by atoms with van der Waals surface area (Å²) < 4.78 is 46.7. The lowest BCUT2D eigenvalue weighted by atomic mass is 10.1. The van der Waals surface area contributed by atoms with Crippen LogP contribution in [0.5, 0.6) is 5.75 Å². The second-order valence-corrected chi connectivity index (χ2v) is 9.36. The highest BCUT2D eigenvalue weighted by Gasteiger charge is 2.34. The highest BCUT2D eigenvalue weighted by Crippen LogP contribution is 2.50. The van der Waals surface area contributed by atoms with Crippen LogP contribution >= 0.6 is 35.3 Å². The SMILES string of the molecule is O=P(O)(Oc1ccc(CCCSc2nnc(-c3ccncc3)o2)cc1Br)C(F)F. The minimum Gasteiger partial charge on any atom is -0.420 e. The number of thioether (sulfide) groups is 1. The average molecular weight is 506 g/mol. The minimum atomic E-state index is -5.00. The summed E-state index contributed by atoms with van der Waals surface area (Å²) in [4.78, 5) is 13.1. The number of benzene rings is 1. The fraction of sp³-hybridized carbons (Fsp3) is 0.235. The van der Waals surface area contributed by atoms with Crippen LogP contribution in [0.1, 0.15) is 12.0 Å². The Balaban J connectivity index is 1.49. The van der Waals surface area contributed by atoms with Gasteiger partial charge in [-0.3, -0.25) is 4.98 Å². The maximum absolute atomic E-state index is 12.5. The van der Waals surface area contributed by atoms with Gasteiger partial charge in [0.25, 0.3) is 5.22 Å². The molecule has 29 heavy (non-hydrogen) atoms. The van der Waals surface area contributed by atoms with Gasteiger partial charge in [-0.25, -0.2) is 4.57 Å². The first kappa shape index (κ1) is 21.9. The van der Waals surface area contributed by atoms with Gasteiger partial charge >= 0.3 is 13.8 Å². The Morgan fingerprint density at radius 1 is 1.24 bits per heavy atom. The van der Waals surface area contributed by atoms with E-state index >= 15 is 0 Å². The molecule has 3 aromatic rings. The minimum absolute atomic E-state index is 0.108. The van der Waals surface area contributed by atoms with Gasteiger partial charge in [-0.05, 0) is 58.6 Å². The van der Waals surface area contributed by atoms with Crippen molar-refractivity contribution in [3.8, 4) is 17.2 Å². The third-order valence-corrected chi connectivity index (χ3v) is 6.12. The summed E-state index contributed by atoms with van der Waals surface area (Å²) in [6, 6.07) is 8.27. The first-order chi connectivity index (χ1) is 13.8. The van der Waals surface area contributed by atoms with E-state index in [0.29, 0.717) is 22.0 Å². The maximum Gasteiger partial charge on any atom is 0.442 e. The van der Waals surface area contributed by atoms with Gasteiger partial charge in [-0.2, -0.15) is 8.78 Å². The number of hydrogen-bond acceptors (Lipinski definition) is 7. The lowest BCUT2D eigenvalue weighted by Crippen LogP contribution is -2.01. The fourth-order valence-electron chi connectivity index (χ4n) is 2.27. The van der Waals surface area contributed by atoms with Crippen molar-refractivity contribution in [3.05, 3.63) is 52.8 Å². The molecule has 0 radical (unpaired) electrons. The molecule has 1 unspecified atom stereocenters. The summed E-state index contributed by atoms with van der Waals surface area (Å²) in [5, 5.41) is 8.47. The molecule has 0 saturated carbocycles. The van der Waals surface area contributed by atoms with Gasteiger partial charge in [0.05, 0.1) is 4.47 Å². The molecule has 2 heterocycles. The van der Waals surface area contributed by atoms with Crippen LogP contribution in [0.2, 0.25) is 0 Å². The van der Waals surface area contributed by atoms with E-state index in [9.17, 15) is 13.3 Å². The van der Waals surface area contributed by atoms with Crippen LogP contribution in [0.3, 0.4) is 0 Å². The van der Waals surface area contributed by atoms with Gasteiger partial charge in [0.1, 0.15) is 5.75 Å². The number of alkyl halides is 2. The van der Waals surface area contributed by atoms with Crippen LogP contribution in [0.25, 0.3) is 11.5 Å². The Morgan fingerprint density at radius 3 is 2.69 bits per heavy atom. The van der Waals surface area contributed by atoms with Crippen LogP contribution in [0, 0.1) is 0 Å². The molecule has 0 spiro atoms. The van der Waals surface area contributed by atoms with E-state index in [4.69, 9.17) is 9.31 Å². The molecule has 2 aromatic heterocycles. The van der Waals surface area contributed by atoms with Crippen molar-refractivity contribution in [1.29, 1.82) is 0 Å². The Kier molecular flexibility index (Phi) is 7.39. The number of aromatic nitrogens is 3. The van der Waals surface area contributed by atoms with E-state index in [1.807, 2.05) is 0 Å². The van der Waals surface area contributed by atoms with E-state index in [1.54, 1.807) is 36.7 Å². The molecule has 7 nitrogen and oxygen atoms in total. The van der Waals surface area contributed by atoms with Gasteiger partial charge in [0.15, 0.2) is 0 Å². The topological polar surface area (TPSA) is 98.3 Å². The summed E-state index contributed by atoms with van der Waals surface area (Å²) in [7, 11) is -5.00. The molecule has 0 aliphatic carbocycles. The molecule has 0 aliphatic heterocycles. The van der Waals surface area contributed by atoms with Gasteiger partial charge in [-0.15, -0.1) is 10.2 Å². The summed E-state index contributed by atoms with van der Waals surface area (Å²) >= 11 is 4.60. The largest absolute Gasteiger partial charge is 0.442 e. The highest BCUT2D eigenvalue weighted by molar-refractivity contribution is 9.10. The molecule has 1 atom stereocenters. The monoisotopic (exact) mass is 505 g/mol. The van der Waals surface area contributed by atoms with Crippen LogP contribution in [0.15, 0.2) is 56.8 Å². The highest BCUT2D eigenvalue weighted by atomic mass is 79.9. The number of rotatable bonds is 9. The second kappa shape index (κ2) is 9.80. The van der Waals surface area contributed by atoms with E-state index in [2.05, 4.69) is 35.6 Å². The average Bonchev–Trinajstić information content (AvgIpc) is 3.17. The number of halogens is 3. The summed E-state index contributed by atoms with van der Waals surface area (Å²) in [6.07, 6.45) is 1.32. The molecule has 1 N–H and O–H groups in total. The summed E-state index contributed by atoms with van der Waals surface area (Å²) in [5.41, 5.74) is 1.71. The Morgan fingerprint density at radius 2 is 2.00 bits per heavy atom. The molecule has 154 valence electrons. The number of pyridine rings is 1. The van der Waals surface area contributed by atoms with Crippen molar-refractivity contribution < 1.29 is 27.2 Å².